The molecule has 0 unspecified atom stereocenters. The molecule has 0 fully saturated rings. The first kappa shape index (κ1) is 19.0. The zero-order valence-electron chi connectivity index (χ0n) is 15.4. The Morgan fingerprint density at radius 2 is 1.76 bits per heavy atom. The maximum absolute atomic E-state index is 12.6. The number of anilines is 1. The van der Waals surface area contributed by atoms with Crippen LogP contribution in [0.1, 0.15) is 12.0 Å². The lowest BCUT2D eigenvalue weighted by molar-refractivity contribution is -0.112. The fourth-order valence-electron chi connectivity index (χ4n) is 2.97. The van der Waals surface area contributed by atoms with Crippen LogP contribution in [0.15, 0.2) is 35.9 Å². The number of hydrogen-bond acceptors (Lipinski definition) is 6. The predicted molar refractivity (Wildman–Crippen MR) is 107 cm³/mol. The second kappa shape index (κ2) is 8.33. The van der Waals surface area contributed by atoms with Gasteiger partial charge in [0, 0.05) is 18.2 Å². The molecule has 0 bridgehead atoms. The molecule has 4 rings (SSSR count). The molecule has 2 aliphatic heterocycles. The summed E-state index contributed by atoms with van der Waals surface area (Å²) in [5, 5.41) is 12.5. The number of rotatable bonds is 3. The van der Waals surface area contributed by atoms with Crippen LogP contribution in [0.2, 0.25) is 5.02 Å². The zero-order valence-corrected chi connectivity index (χ0v) is 16.1. The van der Waals surface area contributed by atoms with Crippen LogP contribution in [0.4, 0.5) is 5.69 Å². The SMILES string of the molecule is N#C/C(=C\c1cc(Cl)c2c(c1)OCCCO2)C(=O)Nc1ccc2c(c1)OCCO2. The number of nitrogens with one attached hydrogen (secondary N) is 1. The van der Waals surface area contributed by atoms with Crippen LogP contribution in [0.25, 0.3) is 6.08 Å². The highest BCUT2D eigenvalue weighted by Gasteiger charge is 2.17. The molecule has 2 aliphatic rings. The number of hydrogen-bond donors (Lipinski definition) is 1. The lowest BCUT2D eigenvalue weighted by atomic mass is 10.1. The van der Waals surface area contributed by atoms with Crippen molar-refractivity contribution < 1.29 is 23.7 Å². The van der Waals surface area contributed by atoms with E-state index in [1.54, 1.807) is 30.3 Å². The normalized spacial score (nSPS) is 15.1. The Labute approximate surface area is 172 Å². The summed E-state index contributed by atoms with van der Waals surface area (Å²) in [7, 11) is 0. The number of nitriles is 1. The largest absolute Gasteiger partial charge is 0.489 e. The van der Waals surface area contributed by atoms with Gasteiger partial charge in [-0.2, -0.15) is 5.26 Å². The number of ether oxygens (including phenoxy) is 4. The number of halogens is 1. The predicted octanol–water partition coefficient (Wildman–Crippen LogP) is 3.82. The minimum Gasteiger partial charge on any atom is -0.489 e. The summed E-state index contributed by atoms with van der Waals surface area (Å²) in [6, 6.07) is 10.3. The van der Waals surface area contributed by atoms with E-state index in [2.05, 4.69) is 5.32 Å². The highest BCUT2D eigenvalue weighted by Crippen LogP contribution is 2.38. The van der Waals surface area contributed by atoms with Gasteiger partial charge < -0.3 is 24.3 Å². The first-order valence-corrected chi connectivity index (χ1v) is 9.44. The zero-order chi connectivity index (χ0) is 20.2. The Morgan fingerprint density at radius 3 is 2.59 bits per heavy atom. The Morgan fingerprint density at radius 1 is 1.00 bits per heavy atom. The van der Waals surface area contributed by atoms with Crippen molar-refractivity contribution in [2.24, 2.45) is 0 Å². The van der Waals surface area contributed by atoms with Gasteiger partial charge in [0.1, 0.15) is 24.9 Å². The van der Waals surface area contributed by atoms with Gasteiger partial charge in [0.05, 0.1) is 18.2 Å². The van der Waals surface area contributed by atoms with Crippen molar-refractivity contribution >= 4 is 29.3 Å². The van der Waals surface area contributed by atoms with E-state index in [9.17, 15) is 10.1 Å². The molecule has 0 spiro atoms. The molecule has 0 saturated carbocycles. The molecule has 2 aromatic carbocycles. The quantitative estimate of drug-likeness (QED) is 0.609. The van der Waals surface area contributed by atoms with Crippen LogP contribution < -0.4 is 24.3 Å². The number of benzene rings is 2. The van der Waals surface area contributed by atoms with E-state index in [0.29, 0.717) is 65.7 Å². The topological polar surface area (TPSA) is 89.8 Å². The molecule has 7 nitrogen and oxygen atoms in total. The molecule has 148 valence electrons. The molecule has 0 aliphatic carbocycles. The summed E-state index contributed by atoms with van der Waals surface area (Å²) in [5.41, 5.74) is 0.982. The van der Waals surface area contributed by atoms with Crippen molar-refractivity contribution in [2.75, 3.05) is 31.7 Å². The molecule has 8 heteroatoms. The molecule has 0 radical (unpaired) electrons. The second-order valence-electron chi connectivity index (χ2n) is 6.36. The molecule has 1 N–H and O–H groups in total. The van der Waals surface area contributed by atoms with Gasteiger partial charge in [-0.1, -0.05) is 11.6 Å². The summed E-state index contributed by atoms with van der Waals surface area (Å²) in [6.07, 6.45) is 2.20. The van der Waals surface area contributed by atoms with Gasteiger partial charge in [-0.05, 0) is 35.9 Å². The van der Waals surface area contributed by atoms with Crippen molar-refractivity contribution in [3.63, 3.8) is 0 Å². The van der Waals surface area contributed by atoms with Crippen LogP contribution in [-0.4, -0.2) is 32.3 Å². The van der Waals surface area contributed by atoms with Crippen molar-refractivity contribution in [3.05, 3.63) is 46.5 Å². The monoisotopic (exact) mass is 412 g/mol. The molecular formula is C21H17ClN2O5. The first-order valence-electron chi connectivity index (χ1n) is 9.06. The average molecular weight is 413 g/mol. The van der Waals surface area contributed by atoms with E-state index in [1.807, 2.05) is 6.07 Å². The highest BCUT2D eigenvalue weighted by molar-refractivity contribution is 6.32. The van der Waals surface area contributed by atoms with Crippen LogP contribution in [0.5, 0.6) is 23.0 Å². The smallest absolute Gasteiger partial charge is 0.266 e. The number of nitrogens with zero attached hydrogens (tertiary/aromatic N) is 1. The van der Waals surface area contributed by atoms with E-state index >= 15 is 0 Å². The third-order valence-corrected chi connectivity index (χ3v) is 4.58. The fraction of sp³-hybridized carbons (Fsp3) is 0.238. The molecule has 0 saturated heterocycles. The lowest BCUT2D eigenvalue weighted by Gasteiger charge is -2.18. The minimum absolute atomic E-state index is 0.0783. The summed E-state index contributed by atoms with van der Waals surface area (Å²) in [6.45, 7) is 1.95. The molecule has 0 atom stereocenters. The maximum atomic E-state index is 12.6. The highest BCUT2D eigenvalue weighted by atomic mass is 35.5. The summed E-state index contributed by atoms with van der Waals surface area (Å²) >= 11 is 6.28. The molecular weight excluding hydrogens is 396 g/mol. The summed E-state index contributed by atoms with van der Waals surface area (Å²) < 4.78 is 22.2. The van der Waals surface area contributed by atoms with Crippen molar-refractivity contribution in [3.8, 4) is 29.1 Å². The van der Waals surface area contributed by atoms with Gasteiger partial charge >= 0.3 is 0 Å². The van der Waals surface area contributed by atoms with Gasteiger partial charge in [-0.3, -0.25) is 4.79 Å². The fourth-order valence-corrected chi connectivity index (χ4v) is 3.24. The standard InChI is InChI=1S/C21H17ClN2O5/c22-16-9-13(10-19-20(16)29-5-1-4-26-19)8-14(12-23)21(25)24-15-2-3-17-18(11-15)28-7-6-27-17/h2-3,8-11H,1,4-7H2,(H,24,25)/b14-8+. The van der Waals surface area contributed by atoms with Crippen LogP contribution in [0.3, 0.4) is 0 Å². The van der Waals surface area contributed by atoms with Crippen LogP contribution in [0, 0.1) is 11.3 Å². The Bertz CT molecular complexity index is 1030. The van der Waals surface area contributed by atoms with Crippen molar-refractivity contribution in [1.82, 2.24) is 0 Å². The van der Waals surface area contributed by atoms with Crippen LogP contribution >= 0.6 is 11.6 Å². The molecule has 2 aromatic rings. The third kappa shape index (κ3) is 4.23. The summed E-state index contributed by atoms with van der Waals surface area (Å²) in [4.78, 5) is 12.6. The van der Waals surface area contributed by atoms with Crippen molar-refractivity contribution in [2.45, 2.75) is 6.42 Å². The van der Waals surface area contributed by atoms with Gasteiger partial charge in [-0.15, -0.1) is 0 Å². The van der Waals surface area contributed by atoms with Gasteiger partial charge in [0.25, 0.3) is 5.91 Å². The Hall–Kier alpha value is -3.37. The number of fused-ring (bicyclic) bond motifs is 2. The molecule has 0 aromatic heterocycles. The Balaban J connectivity index is 1.56. The maximum Gasteiger partial charge on any atom is 0.266 e. The number of amides is 1. The van der Waals surface area contributed by atoms with E-state index in [0.717, 1.165) is 6.42 Å². The summed E-state index contributed by atoms with van der Waals surface area (Å²) in [5.74, 6) is 1.58. The van der Waals surface area contributed by atoms with Gasteiger partial charge in [-0.25, -0.2) is 0 Å². The lowest BCUT2D eigenvalue weighted by Crippen LogP contribution is -2.17. The second-order valence-corrected chi connectivity index (χ2v) is 6.77. The van der Waals surface area contributed by atoms with Crippen LogP contribution in [-0.2, 0) is 4.79 Å². The third-order valence-electron chi connectivity index (χ3n) is 4.30. The van der Waals surface area contributed by atoms with E-state index in [-0.39, 0.29) is 5.57 Å². The molecule has 2 heterocycles. The molecule has 29 heavy (non-hydrogen) atoms. The Kier molecular flexibility index (Phi) is 5.45. The van der Waals surface area contributed by atoms with Gasteiger partial charge in [0.2, 0.25) is 0 Å². The van der Waals surface area contributed by atoms with Gasteiger partial charge in [0.15, 0.2) is 23.0 Å². The minimum atomic E-state index is -0.549. The van der Waals surface area contributed by atoms with E-state index in [4.69, 9.17) is 30.5 Å². The van der Waals surface area contributed by atoms with Crippen molar-refractivity contribution in [1.29, 1.82) is 5.26 Å². The average Bonchev–Trinajstić information content (AvgIpc) is 2.98. The number of carbonyl (C=O) groups excluding carboxylic acids is 1. The number of carbonyl (C=O) groups is 1. The first-order chi connectivity index (χ1) is 14.1. The van der Waals surface area contributed by atoms with E-state index < -0.39 is 5.91 Å². The molecule has 1 amide bonds. The van der Waals surface area contributed by atoms with E-state index in [1.165, 1.54) is 6.08 Å².